The third kappa shape index (κ3) is 4.28. The first-order valence-corrected chi connectivity index (χ1v) is 6.42. The smallest absolute Gasteiger partial charge is 0.422 e. The quantitative estimate of drug-likeness (QED) is 0.866. The summed E-state index contributed by atoms with van der Waals surface area (Å²) in [6, 6.07) is 0. The number of ether oxygens (including phenoxy) is 1. The Balaban J connectivity index is 2.68. The van der Waals surface area contributed by atoms with E-state index in [0.29, 0.717) is 25.7 Å². The summed E-state index contributed by atoms with van der Waals surface area (Å²) in [5, 5.41) is 9.32. The van der Waals surface area contributed by atoms with E-state index in [4.69, 9.17) is 0 Å². The van der Waals surface area contributed by atoms with Crippen molar-refractivity contribution in [1.29, 1.82) is 0 Å². The van der Waals surface area contributed by atoms with Gasteiger partial charge >= 0.3 is 18.2 Å². The molecule has 1 N–H and O–H groups in total. The predicted molar refractivity (Wildman–Crippen MR) is 63.2 cm³/mol. The Labute approximate surface area is 114 Å². The zero-order valence-corrected chi connectivity index (χ0v) is 11.2. The molecule has 1 saturated heterocycles. The fourth-order valence-electron chi connectivity index (χ4n) is 2.49. The lowest BCUT2D eigenvalue weighted by Gasteiger charge is -2.39. The van der Waals surface area contributed by atoms with E-state index in [1.54, 1.807) is 0 Å². The van der Waals surface area contributed by atoms with Crippen molar-refractivity contribution < 1.29 is 32.6 Å². The summed E-state index contributed by atoms with van der Waals surface area (Å²) in [7, 11) is 0. The van der Waals surface area contributed by atoms with Gasteiger partial charge in [-0.15, -0.1) is 0 Å². The van der Waals surface area contributed by atoms with Crippen LogP contribution in [0.5, 0.6) is 0 Å². The number of carbonyl (C=O) groups is 2. The van der Waals surface area contributed by atoms with Crippen LogP contribution in [-0.4, -0.2) is 47.9 Å². The van der Waals surface area contributed by atoms with Crippen molar-refractivity contribution in [2.45, 2.75) is 38.8 Å². The van der Waals surface area contributed by atoms with Gasteiger partial charge < -0.3 is 14.7 Å². The molecule has 20 heavy (non-hydrogen) atoms. The largest absolute Gasteiger partial charge is 0.481 e. The molecule has 1 unspecified atom stereocenters. The fraction of sp³-hybridized carbons (Fsp3) is 0.833. The molecule has 0 radical (unpaired) electrons. The number of rotatable bonds is 4. The van der Waals surface area contributed by atoms with Crippen LogP contribution in [0.25, 0.3) is 0 Å². The number of alkyl halides is 3. The standard InChI is InChI=1S/C12H18F3NO4/c1-2-4-11(9(17)18)5-3-6-16(7-11)10(19)20-8-12(13,14)15/h2-8H2,1H3,(H,17,18). The summed E-state index contributed by atoms with van der Waals surface area (Å²) in [5.41, 5.74) is -1.08. The highest BCUT2D eigenvalue weighted by Crippen LogP contribution is 2.35. The van der Waals surface area contributed by atoms with E-state index in [1.807, 2.05) is 6.92 Å². The zero-order valence-electron chi connectivity index (χ0n) is 11.2. The van der Waals surface area contributed by atoms with Crippen molar-refractivity contribution in [1.82, 2.24) is 4.90 Å². The minimum atomic E-state index is -4.58. The number of carboxylic acid groups (broad SMARTS) is 1. The molecular formula is C12H18F3NO4. The number of amides is 1. The van der Waals surface area contributed by atoms with Crippen molar-refractivity contribution in [3.63, 3.8) is 0 Å². The van der Waals surface area contributed by atoms with Gasteiger partial charge in [0.1, 0.15) is 0 Å². The molecule has 1 aliphatic rings. The molecule has 1 rings (SSSR count). The predicted octanol–water partition coefficient (Wildman–Crippen LogP) is 2.65. The second kappa shape index (κ2) is 6.32. The highest BCUT2D eigenvalue weighted by atomic mass is 19.4. The molecule has 1 amide bonds. The lowest BCUT2D eigenvalue weighted by Crippen LogP contribution is -2.50. The summed E-state index contributed by atoms with van der Waals surface area (Å²) in [6.07, 6.45) is -3.84. The Morgan fingerprint density at radius 1 is 1.40 bits per heavy atom. The van der Waals surface area contributed by atoms with Crippen LogP contribution < -0.4 is 0 Å². The van der Waals surface area contributed by atoms with Crippen molar-refractivity contribution in [3.8, 4) is 0 Å². The molecular weight excluding hydrogens is 279 g/mol. The van der Waals surface area contributed by atoms with Gasteiger partial charge in [-0.25, -0.2) is 4.79 Å². The second-order valence-corrected chi connectivity index (χ2v) is 5.03. The summed E-state index contributed by atoms with van der Waals surface area (Å²) in [6.45, 7) is 0.282. The van der Waals surface area contributed by atoms with Crippen LogP contribution in [0.4, 0.5) is 18.0 Å². The Hall–Kier alpha value is -1.47. The number of nitrogens with zero attached hydrogens (tertiary/aromatic N) is 1. The lowest BCUT2D eigenvalue weighted by molar-refractivity contribution is -0.165. The number of aliphatic carboxylic acids is 1. The molecule has 1 fully saturated rings. The van der Waals surface area contributed by atoms with Crippen molar-refractivity contribution in [3.05, 3.63) is 0 Å². The van der Waals surface area contributed by atoms with Gasteiger partial charge in [0, 0.05) is 13.1 Å². The third-order valence-electron chi connectivity index (χ3n) is 3.38. The Morgan fingerprint density at radius 3 is 2.55 bits per heavy atom. The Bertz CT molecular complexity index is 368. The van der Waals surface area contributed by atoms with Gasteiger partial charge in [0.05, 0.1) is 5.41 Å². The SMILES string of the molecule is CCCC1(C(=O)O)CCCN(C(=O)OCC(F)(F)F)C1. The monoisotopic (exact) mass is 297 g/mol. The maximum atomic E-state index is 12.0. The summed E-state index contributed by atoms with van der Waals surface area (Å²) < 4.78 is 40.1. The van der Waals surface area contributed by atoms with Gasteiger partial charge in [-0.1, -0.05) is 13.3 Å². The number of carboxylic acids is 1. The molecule has 0 aromatic carbocycles. The highest BCUT2D eigenvalue weighted by molar-refractivity contribution is 5.77. The minimum absolute atomic E-state index is 0.104. The average Bonchev–Trinajstić information content (AvgIpc) is 2.35. The number of hydrogen-bond acceptors (Lipinski definition) is 3. The van der Waals surface area contributed by atoms with Crippen LogP contribution in [0.1, 0.15) is 32.6 Å². The number of likely N-dealkylation sites (tertiary alicyclic amines) is 1. The van der Waals surface area contributed by atoms with Crippen LogP contribution in [-0.2, 0) is 9.53 Å². The second-order valence-electron chi connectivity index (χ2n) is 5.03. The molecule has 0 saturated carbocycles. The summed E-state index contributed by atoms with van der Waals surface area (Å²) in [4.78, 5) is 24.0. The first-order valence-electron chi connectivity index (χ1n) is 6.42. The van der Waals surface area contributed by atoms with E-state index >= 15 is 0 Å². The van der Waals surface area contributed by atoms with Crippen molar-refractivity contribution >= 4 is 12.1 Å². The van der Waals surface area contributed by atoms with Crippen LogP contribution in [0, 0.1) is 5.41 Å². The maximum absolute atomic E-state index is 12.0. The van der Waals surface area contributed by atoms with E-state index in [1.165, 1.54) is 0 Å². The van der Waals surface area contributed by atoms with E-state index in [-0.39, 0.29) is 13.1 Å². The third-order valence-corrected chi connectivity index (χ3v) is 3.38. The number of carbonyl (C=O) groups excluding carboxylic acids is 1. The van der Waals surface area contributed by atoms with Crippen LogP contribution in [0.2, 0.25) is 0 Å². The molecule has 1 atom stereocenters. The molecule has 1 aliphatic heterocycles. The number of hydrogen-bond donors (Lipinski definition) is 1. The van der Waals surface area contributed by atoms with Gasteiger partial charge in [0.2, 0.25) is 0 Å². The van der Waals surface area contributed by atoms with E-state index < -0.39 is 30.3 Å². The van der Waals surface area contributed by atoms with E-state index in [2.05, 4.69) is 4.74 Å². The Kier molecular flexibility index (Phi) is 5.24. The summed E-state index contributed by atoms with van der Waals surface area (Å²) >= 11 is 0. The molecule has 0 bridgehead atoms. The first kappa shape index (κ1) is 16.6. The van der Waals surface area contributed by atoms with Crippen molar-refractivity contribution in [2.24, 2.45) is 5.41 Å². The molecule has 0 aromatic heterocycles. The molecule has 1 heterocycles. The molecule has 0 spiro atoms. The number of piperidine rings is 1. The average molecular weight is 297 g/mol. The van der Waals surface area contributed by atoms with Gasteiger partial charge in [-0.2, -0.15) is 13.2 Å². The normalized spacial score (nSPS) is 23.5. The van der Waals surface area contributed by atoms with Crippen molar-refractivity contribution in [2.75, 3.05) is 19.7 Å². The van der Waals surface area contributed by atoms with Crippen LogP contribution >= 0.6 is 0 Å². The molecule has 5 nitrogen and oxygen atoms in total. The van der Waals surface area contributed by atoms with Gasteiger partial charge in [0.25, 0.3) is 0 Å². The molecule has 0 aliphatic carbocycles. The summed E-state index contributed by atoms with van der Waals surface area (Å²) in [5.74, 6) is -1.02. The van der Waals surface area contributed by atoms with E-state index in [9.17, 15) is 27.9 Å². The van der Waals surface area contributed by atoms with Crippen LogP contribution in [0.3, 0.4) is 0 Å². The molecule has 0 aromatic rings. The number of halogens is 3. The molecule has 8 heteroatoms. The highest BCUT2D eigenvalue weighted by Gasteiger charge is 2.43. The lowest BCUT2D eigenvalue weighted by atomic mass is 9.76. The Morgan fingerprint density at radius 2 is 2.05 bits per heavy atom. The first-order chi connectivity index (χ1) is 9.20. The van der Waals surface area contributed by atoms with Gasteiger partial charge in [-0.3, -0.25) is 4.79 Å². The van der Waals surface area contributed by atoms with E-state index in [0.717, 1.165) is 4.90 Å². The zero-order chi connectivity index (χ0) is 15.4. The van der Waals surface area contributed by atoms with Gasteiger partial charge in [-0.05, 0) is 19.3 Å². The van der Waals surface area contributed by atoms with Gasteiger partial charge in [0.15, 0.2) is 6.61 Å². The molecule has 116 valence electrons. The van der Waals surface area contributed by atoms with Crippen LogP contribution in [0.15, 0.2) is 0 Å². The fourth-order valence-corrected chi connectivity index (χ4v) is 2.49. The topological polar surface area (TPSA) is 66.8 Å². The minimum Gasteiger partial charge on any atom is -0.481 e. The maximum Gasteiger partial charge on any atom is 0.422 e.